The fraction of sp³-hybridized carbons (Fsp3) is 0.174. The Morgan fingerprint density at radius 1 is 1.13 bits per heavy atom. The van der Waals surface area contributed by atoms with Crippen LogP contribution in [0.3, 0.4) is 0 Å². The number of hydrogen-bond acceptors (Lipinski definition) is 4. The van der Waals surface area contributed by atoms with Crippen molar-refractivity contribution in [3.8, 4) is 11.3 Å². The molecule has 1 aliphatic rings. The third kappa shape index (κ3) is 3.45. The van der Waals surface area contributed by atoms with Crippen molar-refractivity contribution in [1.29, 1.82) is 0 Å². The number of carbonyl (C=O) groups excluding carboxylic acids is 1. The van der Waals surface area contributed by atoms with Crippen LogP contribution >= 0.6 is 15.9 Å². The third-order valence-electron chi connectivity index (χ3n) is 5.30. The zero-order chi connectivity index (χ0) is 20.7. The highest BCUT2D eigenvalue weighted by Gasteiger charge is 2.18. The molecule has 1 amide bonds. The normalized spacial score (nSPS) is 13.2. The van der Waals surface area contributed by atoms with E-state index in [0.717, 1.165) is 47.4 Å². The molecule has 0 radical (unpaired) electrons. The predicted molar refractivity (Wildman–Crippen MR) is 119 cm³/mol. The first-order valence-corrected chi connectivity index (χ1v) is 10.6. The van der Waals surface area contributed by atoms with Gasteiger partial charge < -0.3 is 14.3 Å². The van der Waals surface area contributed by atoms with E-state index < -0.39 is 11.5 Å². The summed E-state index contributed by atoms with van der Waals surface area (Å²) >= 11 is 3.40. The molecule has 0 unspecified atom stereocenters. The number of anilines is 1. The monoisotopic (exact) mass is 463 g/mol. The van der Waals surface area contributed by atoms with Gasteiger partial charge in [-0.2, -0.15) is 0 Å². The molecule has 1 N–H and O–H groups in total. The Kier molecular flexibility index (Phi) is 4.75. The molecule has 0 aliphatic carbocycles. The second-order valence-electron chi connectivity index (χ2n) is 7.32. The van der Waals surface area contributed by atoms with Gasteiger partial charge in [-0.1, -0.05) is 34.1 Å². The molecule has 5 rings (SSSR count). The van der Waals surface area contributed by atoms with Crippen LogP contribution < -0.4 is 10.9 Å². The number of imidazole rings is 1. The summed E-state index contributed by atoms with van der Waals surface area (Å²) < 4.78 is 8.33. The lowest BCUT2D eigenvalue weighted by molar-refractivity contribution is 0.102. The van der Waals surface area contributed by atoms with Crippen LogP contribution in [0.25, 0.3) is 22.2 Å². The van der Waals surface area contributed by atoms with Gasteiger partial charge in [0.1, 0.15) is 17.0 Å². The number of amides is 1. The van der Waals surface area contributed by atoms with Crippen molar-refractivity contribution in [2.45, 2.75) is 25.8 Å². The first-order chi connectivity index (χ1) is 14.6. The molecule has 1 aliphatic heterocycles. The van der Waals surface area contributed by atoms with Gasteiger partial charge >= 0.3 is 5.63 Å². The maximum atomic E-state index is 12.9. The molecule has 0 saturated carbocycles. The summed E-state index contributed by atoms with van der Waals surface area (Å²) in [4.78, 5) is 30.1. The molecule has 4 aromatic rings. The molecule has 6 nitrogen and oxygen atoms in total. The second-order valence-corrected chi connectivity index (χ2v) is 8.24. The van der Waals surface area contributed by atoms with Crippen LogP contribution in [0.5, 0.6) is 0 Å². The van der Waals surface area contributed by atoms with E-state index in [1.54, 1.807) is 24.3 Å². The Morgan fingerprint density at radius 3 is 2.87 bits per heavy atom. The Balaban J connectivity index is 1.50. The van der Waals surface area contributed by atoms with Crippen molar-refractivity contribution >= 4 is 38.5 Å². The molecule has 0 spiro atoms. The number of aryl methyl sites for hydroxylation is 2. The van der Waals surface area contributed by atoms with E-state index in [-0.39, 0.29) is 5.56 Å². The number of hydrogen-bond donors (Lipinski definition) is 1. The van der Waals surface area contributed by atoms with Gasteiger partial charge in [-0.15, -0.1) is 0 Å². The van der Waals surface area contributed by atoms with E-state index >= 15 is 0 Å². The van der Waals surface area contributed by atoms with Crippen molar-refractivity contribution in [3.05, 3.63) is 81.0 Å². The standard InChI is InChI=1S/C23H18BrN3O3/c24-15-8-9-20-14(11-15)12-17(23(29)30-20)22(28)26-18-6-2-1-5-16(18)19-13-27-10-4-3-7-21(27)25-19/h1-2,5-6,8-9,11-13H,3-4,7,10H2,(H,26,28). The van der Waals surface area contributed by atoms with Crippen molar-refractivity contribution in [3.63, 3.8) is 0 Å². The fourth-order valence-electron chi connectivity index (χ4n) is 3.80. The Labute approximate surface area is 180 Å². The quantitative estimate of drug-likeness (QED) is 0.433. The number of halogens is 1. The van der Waals surface area contributed by atoms with E-state index in [2.05, 4.69) is 25.8 Å². The van der Waals surface area contributed by atoms with Gasteiger partial charge in [0.15, 0.2) is 0 Å². The largest absolute Gasteiger partial charge is 0.422 e. The second kappa shape index (κ2) is 7.57. The Hall–Kier alpha value is -3.19. The number of fused-ring (bicyclic) bond motifs is 2. The zero-order valence-corrected chi connectivity index (χ0v) is 17.6. The average Bonchev–Trinajstić information content (AvgIpc) is 3.18. The lowest BCUT2D eigenvalue weighted by Crippen LogP contribution is -2.21. The minimum Gasteiger partial charge on any atom is -0.422 e. The van der Waals surface area contributed by atoms with Crippen LogP contribution in [0, 0.1) is 0 Å². The minimum atomic E-state index is -0.669. The van der Waals surface area contributed by atoms with E-state index in [0.29, 0.717) is 16.7 Å². The number of rotatable bonds is 3. The summed E-state index contributed by atoms with van der Waals surface area (Å²) in [6.45, 7) is 0.963. The van der Waals surface area contributed by atoms with Crippen LogP contribution in [-0.2, 0) is 13.0 Å². The van der Waals surface area contributed by atoms with Crippen LogP contribution in [0.4, 0.5) is 5.69 Å². The van der Waals surface area contributed by atoms with Crippen LogP contribution in [0.1, 0.15) is 29.0 Å². The average molecular weight is 464 g/mol. The fourth-order valence-corrected chi connectivity index (χ4v) is 4.18. The van der Waals surface area contributed by atoms with E-state index in [9.17, 15) is 9.59 Å². The molecule has 7 heteroatoms. The minimum absolute atomic E-state index is 0.0421. The number of para-hydroxylation sites is 1. The first-order valence-electron chi connectivity index (χ1n) is 9.79. The van der Waals surface area contributed by atoms with E-state index in [4.69, 9.17) is 9.40 Å². The number of nitrogens with zero attached hydrogens (tertiary/aromatic N) is 2. The summed E-state index contributed by atoms with van der Waals surface area (Å²) in [5.41, 5.74) is 1.96. The molecular weight excluding hydrogens is 446 g/mol. The molecule has 0 bridgehead atoms. The third-order valence-corrected chi connectivity index (χ3v) is 5.79. The molecule has 150 valence electrons. The number of aromatic nitrogens is 2. The molecule has 0 atom stereocenters. The van der Waals surface area contributed by atoms with Gasteiger partial charge in [0.25, 0.3) is 5.91 Å². The predicted octanol–water partition coefficient (Wildman–Crippen LogP) is 5.01. The highest BCUT2D eigenvalue weighted by molar-refractivity contribution is 9.10. The van der Waals surface area contributed by atoms with Crippen LogP contribution in [-0.4, -0.2) is 15.5 Å². The molecule has 2 aromatic carbocycles. The van der Waals surface area contributed by atoms with Gasteiger partial charge in [0.05, 0.1) is 11.4 Å². The van der Waals surface area contributed by atoms with E-state index in [1.807, 2.05) is 30.5 Å². The van der Waals surface area contributed by atoms with Gasteiger partial charge in [0.2, 0.25) is 0 Å². The number of benzene rings is 2. The van der Waals surface area contributed by atoms with Gasteiger partial charge in [-0.3, -0.25) is 4.79 Å². The molecule has 0 fully saturated rings. The van der Waals surface area contributed by atoms with E-state index in [1.165, 1.54) is 0 Å². The summed E-state index contributed by atoms with van der Waals surface area (Å²) in [5, 5.41) is 3.54. The highest BCUT2D eigenvalue weighted by Crippen LogP contribution is 2.29. The smallest absolute Gasteiger partial charge is 0.349 e. The van der Waals surface area contributed by atoms with Crippen molar-refractivity contribution < 1.29 is 9.21 Å². The SMILES string of the molecule is O=C(Nc1ccccc1-c1cn2c(n1)CCCC2)c1cc2cc(Br)ccc2oc1=O. The van der Waals surface area contributed by atoms with Crippen molar-refractivity contribution in [2.24, 2.45) is 0 Å². The Bertz CT molecular complexity index is 1320. The van der Waals surface area contributed by atoms with Crippen molar-refractivity contribution in [2.75, 3.05) is 5.32 Å². The molecule has 30 heavy (non-hydrogen) atoms. The topological polar surface area (TPSA) is 77.1 Å². The lowest BCUT2D eigenvalue weighted by atomic mass is 10.1. The van der Waals surface area contributed by atoms with Crippen LogP contribution in [0.15, 0.2) is 68.4 Å². The lowest BCUT2D eigenvalue weighted by Gasteiger charge is -2.11. The molecular formula is C23H18BrN3O3. The van der Waals surface area contributed by atoms with Gasteiger partial charge in [0, 0.05) is 34.6 Å². The maximum Gasteiger partial charge on any atom is 0.349 e. The summed E-state index contributed by atoms with van der Waals surface area (Å²) in [6, 6.07) is 14.3. The maximum absolute atomic E-state index is 12.9. The molecule has 2 aromatic heterocycles. The summed E-state index contributed by atoms with van der Waals surface area (Å²) in [6.07, 6.45) is 5.28. The molecule has 3 heterocycles. The van der Waals surface area contributed by atoms with Crippen LogP contribution in [0.2, 0.25) is 0 Å². The van der Waals surface area contributed by atoms with Gasteiger partial charge in [-0.05, 0) is 43.2 Å². The first kappa shape index (κ1) is 18.8. The summed E-state index contributed by atoms with van der Waals surface area (Å²) in [7, 11) is 0. The highest BCUT2D eigenvalue weighted by atomic mass is 79.9. The summed E-state index contributed by atoms with van der Waals surface area (Å²) in [5.74, 6) is 0.556. The number of nitrogens with one attached hydrogen (secondary N) is 1. The molecule has 0 saturated heterocycles. The zero-order valence-electron chi connectivity index (χ0n) is 16.0. The Morgan fingerprint density at radius 2 is 2.00 bits per heavy atom. The van der Waals surface area contributed by atoms with Gasteiger partial charge in [-0.25, -0.2) is 9.78 Å². The van der Waals surface area contributed by atoms with Crippen molar-refractivity contribution in [1.82, 2.24) is 9.55 Å². The number of carbonyl (C=O) groups is 1.